The zero-order valence-electron chi connectivity index (χ0n) is 8.46. The van der Waals surface area contributed by atoms with Gasteiger partial charge < -0.3 is 10.1 Å². The van der Waals surface area contributed by atoms with E-state index in [1.807, 2.05) is 0 Å². The molecule has 2 aliphatic heterocycles. The highest BCUT2D eigenvalue weighted by molar-refractivity contribution is 4.81. The summed E-state index contributed by atoms with van der Waals surface area (Å²) in [5.74, 6) is 1.71. The first-order valence-corrected chi connectivity index (χ1v) is 5.37. The van der Waals surface area contributed by atoms with Crippen LogP contribution in [0.5, 0.6) is 0 Å². The van der Waals surface area contributed by atoms with Crippen LogP contribution in [0.3, 0.4) is 0 Å². The number of hydrogen-bond donors (Lipinski definition) is 1. The van der Waals surface area contributed by atoms with E-state index < -0.39 is 0 Å². The fourth-order valence-electron chi connectivity index (χ4n) is 2.22. The third kappa shape index (κ3) is 2.42. The van der Waals surface area contributed by atoms with Crippen molar-refractivity contribution in [1.29, 1.82) is 0 Å². The van der Waals surface area contributed by atoms with Gasteiger partial charge in [-0.1, -0.05) is 6.92 Å². The molecule has 0 aromatic carbocycles. The molecule has 3 heteroatoms. The molecule has 2 unspecified atom stereocenters. The van der Waals surface area contributed by atoms with Crippen molar-refractivity contribution in [1.82, 2.24) is 10.2 Å². The summed E-state index contributed by atoms with van der Waals surface area (Å²) in [6, 6.07) is 0. The van der Waals surface area contributed by atoms with Gasteiger partial charge in [-0.05, 0) is 24.9 Å². The van der Waals surface area contributed by atoms with E-state index >= 15 is 0 Å². The summed E-state index contributed by atoms with van der Waals surface area (Å²) in [5, 5.41) is 3.45. The van der Waals surface area contributed by atoms with E-state index in [1.165, 1.54) is 19.6 Å². The van der Waals surface area contributed by atoms with Crippen LogP contribution in [0.2, 0.25) is 0 Å². The SMILES string of the molecule is CC1CNCC1CN1CCOCC1. The van der Waals surface area contributed by atoms with Crippen molar-refractivity contribution < 1.29 is 4.74 Å². The average molecular weight is 184 g/mol. The molecule has 0 aromatic rings. The predicted molar refractivity (Wildman–Crippen MR) is 52.8 cm³/mol. The van der Waals surface area contributed by atoms with Crippen molar-refractivity contribution in [3.8, 4) is 0 Å². The lowest BCUT2D eigenvalue weighted by Crippen LogP contribution is -2.40. The Morgan fingerprint density at radius 3 is 2.69 bits per heavy atom. The highest BCUT2D eigenvalue weighted by Crippen LogP contribution is 2.17. The van der Waals surface area contributed by atoms with Crippen molar-refractivity contribution in [2.75, 3.05) is 45.9 Å². The first-order chi connectivity index (χ1) is 6.36. The fraction of sp³-hybridized carbons (Fsp3) is 1.00. The smallest absolute Gasteiger partial charge is 0.0594 e. The summed E-state index contributed by atoms with van der Waals surface area (Å²) < 4.78 is 5.33. The summed E-state index contributed by atoms with van der Waals surface area (Å²) in [4.78, 5) is 2.54. The number of morpholine rings is 1. The van der Waals surface area contributed by atoms with E-state index in [-0.39, 0.29) is 0 Å². The number of ether oxygens (including phenoxy) is 1. The van der Waals surface area contributed by atoms with Gasteiger partial charge in [-0.25, -0.2) is 0 Å². The Labute approximate surface area is 80.4 Å². The van der Waals surface area contributed by atoms with Crippen molar-refractivity contribution in [3.05, 3.63) is 0 Å². The van der Waals surface area contributed by atoms with Gasteiger partial charge in [0.25, 0.3) is 0 Å². The van der Waals surface area contributed by atoms with Crippen molar-refractivity contribution in [2.45, 2.75) is 6.92 Å². The van der Waals surface area contributed by atoms with Gasteiger partial charge >= 0.3 is 0 Å². The second-order valence-electron chi connectivity index (χ2n) is 4.31. The van der Waals surface area contributed by atoms with Crippen LogP contribution in [0.25, 0.3) is 0 Å². The van der Waals surface area contributed by atoms with Crippen LogP contribution in [-0.4, -0.2) is 50.8 Å². The molecule has 2 saturated heterocycles. The van der Waals surface area contributed by atoms with Crippen LogP contribution in [0.1, 0.15) is 6.92 Å². The average Bonchev–Trinajstić information content (AvgIpc) is 2.54. The predicted octanol–water partition coefficient (Wildman–Crippen LogP) is 0.174. The third-order valence-electron chi connectivity index (χ3n) is 3.27. The van der Waals surface area contributed by atoms with Crippen molar-refractivity contribution >= 4 is 0 Å². The maximum Gasteiger partial charge on any atom is 0.0594 e. The zero-order valence-corrected chi connectivity index (χ0v) is 8.46. The molecule has 0 amide bonds. The summed E-state index contributed by atoms with van der Waals surface area (Å²) in [6.45, 7) is 10.1. The van der Waals surface area contributed by atoms with Crippen molar-refractivity contribution in [2.24, 2.45) is 11.8 Å². The highest BCUT2D eigenvalue weighted by atomic mass is 16.5. The molecule has 0 spiro atoms. The molecule has 2 aliphatic rings. The molecule has 0 saturated carbocycles. The number of hydrogen-bond acceptors (Lipinski definition) is 3. The van der Waals surface area contributed by atoms with E-state index in [9.17, 15) is 0 Å². The topological polar surface area (TPSA) is 24.5 Å². The summed E-state index contributed by atoms with van der Waals surface area (Å²) >= 11 is 0. The van der Waals surface area contributed by atoms with Gasteiger partial charge in [-0.15, -0.1) is 0 Å². The molecular weight excluding hydrogens is 164 g/mol. The first-order valence-electron chi connectivity index (χ1n) is 5.37. The molecule has 0 radical (unpaired) electrons. The molecule has 0 aliphatic carbocycles. The fourth-order valence-corrected chi connectivity index (χ4v) is 2.22. The molecule has 3 nitrogen and oxygen atoms in total. The largest absolute Gasteiger partial charge is 0.379 e. The molecule has 0 aromatic heterocycles. The molecule has 2 atom stereocenters. The quantitative estimate of drug-likeness (QED) is 0.662. The Kier molecular flexibility index (Phi) is 3.19. The lowest BCUT2D eigenvalue weighted by atomic mass is 9.97. The van der Waals surface area contributed by atoms with Crippen LogP contribution < -0.4 is 5.32 Å². The van der Waals surface area contributed by atoms with Crippen LogP contribution in [0.15, 0.2) is 0 Å². The van der Waals surface area contributed by atoms with Gasteiger partial charge in [0.2, 0.25) is 0 Å². The summed E-state index contributed by atoms with van der Waals surface area (Å²) in [6.07, 6.45) is 0. The van der Waals surface area contributed by atoms with E-state index in [0.717, 1.165) is 38.1 Å². The standard InChI is InChI=1S/C10H20N2O/c1-9-6-11-7-10(9)8-12-2-4-13-5-3-12/h9-11H,2-8H2,1H3. The minimum absolute atomic E-state index is 0.850. The Bertz CT molecular complexity index is 157. The van der Waals surface area contributed by atoms with Crippen LogP contribution in [0, 0.1) is 11.8 Å². The highest BCUT2D eigenvalue weighted by Gasteiger charge is 2.25. The Morgan fingerprint density at radius 2 is 2.08 bits per heavy atom. The van der Waals surface area contributed by atoms with E-state index in [1.54, 1.807) is 0 Å². The molecular formula is C10H20N2O. The molecule has 2 rings (SSSR count). The molecule has 13 heavy (non-hydrogen) atoms. The van der Waals surface area contributed by atoms with E-state index in [4.69, 9.17) is 4.74 Å². The van der Waals surface area contributed by atoms with E-state index in [2.05, 4.69) is 17.1 Å². The Morgan fingerprint density at radius 1 is 1.31 bits per heavy atom. The Hall–Kier alpha value is -0.120. The maximum atomic E-state index is 5.33. The lowest BCUT2D eigenvalue weighted by molar-refractivity contribution is 0.0295. The second kappa shape index (κ2) is 4.40. The van der Waals surface area contributed by atoms with E-state index in [0.29, 0.717) is 0 Å². The summed E-state index contributed by atoms with van der Waals surface area (Å²) in [7, 11) is 0. The van der Waals surface area contributed by atoms with Gasteiger partial charge in [0, 0.05) is 19.6 Å². The normalized spacial score (nSPS) is 36.7. The first kappa shape index (κ1) is 9.44. The Balaban J connectivity index is 1.75. The van der Waals surface area contributed by atoms with Gasteiger partial charge in [0.1, 0.15) is 0 Å². The molecule has 2 heterocycles. The number of nitrogens with zero attached hydrogens (tertiary/aromatic N) is 1. The van der Waals surface area contributed by atoms with Gasteiger partial charge in [0.15, 0.2) is 0 Å². The van der Waals surface area contributed by atoms with Gasteiger partial charge in [-0.3, -0.25) is 4.90 Å². The molecule has 2 fully saturated rings. The monoisotopic (exact) mass is 184 g/mol. The maximum absolute atomic E-state index is 5.33. The van der Waals surface area contributed by atoms with Gasteiger partial charge in [-0.2, -0.15) is 0 Å². The number of rotatable bonds is 2. The van der Waals surface area contributed by atoms with Crippen LogP contribution in [-0.2, 0) is 4.74 Å². The second-order valence-corrected chi connectivity index (χ2v) is 4.31. The molecule has 0 bridgehead atoms. The lowest BCUT2D eigenvalue weighted by Gasteiger charge is -2.30. The third-order valence-corrected chi connectivity index (χ3v) is 3.27. The molecule has 76 valence electrons. The van der Waals surface area contributed by atoms with Crippen molar-refractivity contribution in [3.63, 3.8) is 0 Å². The summed E-state index contributed by atoms with van der Waals surface area (Å²) in [5.41, 5.74) is 0. The van der Waals surface area contributed by atoms with Crippen LogP contribution in [0.4, 0.5) is 0 Å². The van der Waals surface area contributed by atoms with Gasteiger partial charge in [0.05, 0.1) is 13.2 Å². The molecule has 1 N–H and O–H groups in total. The number of nitrogens with one attached hydrogen (secondary N) is 1. The zero-order chi connectivity index (χ0) is 9.10. The minimum Gasteiger partial charge on any atom is -0.379 e. The minimum atomic E-state index is 0.850. The van der Waals surface area contributed by atoms with Crippen LogP contribution >= 0.6 is 0 Å².